The number of rotatable bonds is 3. The van der Waals surface area contributed by atoms with Crippen LogP contribution in [-0.2, 0) is 17.1 Å². The molecule has 6 aromatic rings. The molecule has 0 atom stereocenters. The van der Waals surface area contributed by atoms with Crippen LogP contribution >= 0.6 is 0 Å². The van der Waals surface area contributed by atoms with Crippen LogP contribution in [0.2, 0.25) is 0 Å². The van der Waals surface area contributed by atoms with Crippen molar-refractivity contribution in [2.24, 2.45) is 4.99 Å². The number of hydrogen-bond acceptors (Lipinski definition) is 6. The molecule has 3 heterocycles. The first-order valence-corrected chi connectivity index (χ1v) is 10.7. The summed E-state index contributed by atoms with van der Waals surface area (Å²) in [7, 11) is 1.51. The molecule has 1 radical (unpaired) electrons. The first-order valence-electron chi connectivity index (χ1n) is 10.7. The van der Waals surface area contributed by atoms with Gasteiger partial charge in [0.2, 0.25) is 5.95 Å². The number of ether oxygens (including phenoxy) is 1. The number of H-pyrrole nitrogens is 1. The number of benzene rings is 3. The van der Waals surface area contributed by atoms with E-state index in [2.05, 4.69) is 49.2 Å². The predicted octanol–water partition coefficient (Wildman–Crippen LogP) is 5.81. The molecule has 2 N–H and O–H groups in total. The Morgan fingerprint density at radius 3 is 2.17 bits per heavy atom. The minimum atomic E-state index is 0. The maximum atomic E-state index is 9.96. The smallest absolute Gasteiger partial charge is 0.227 e. The summed E-state index contributed by atoms with van der Waals surface area (Å²) >= 11 is 0. The van der Waals surface area contributed by atoms with Crippen molar-refractivity contribution in [3.63, 3.8) is 0 Å². The summed E-state index contributed by atoms with van der Waals surface area (Å²) in [6.07, 6.45) is 5.16. The molecule has 0 aliphatic carbocycles. The SMILES string of the molecule is COc1cccc(/C=N/c2nc3ccccc3[nH]2)c1O.[Cu].c1cnc2c(c1)ccc1cccnc12. The quantitative estimate of drug-likeness (QED) is 0.178. The molecule has 3 aromatic carbocycles. The second-order valence-electron chi connectivity index (χ2n) is 7.45. The van der Waals surface area contributed by atoms with Crippen LogP contribution in [0.25, 0.3) is 32.8 Å². The van der Waals surface area contributed by atoms with Crippen LogP contribution in [0.15, 0.2) is 96.2 Å². The van der Waals surface area contributed by atoms with Crippen molar-refractivity contribution in [2.75, 3.05) is 7.11 Å². The molecule has 3 aromatic heterocycles. The number of phenolic OH excluding ortho intramolecular Hbond substituents is 1. The zero-order valence-corrected chi connectivity index (χ0v) is 19.6. The summed E-state index contributed by atoms with van der Waals surface area (Å²) < 4.78 is 5.05. The summed E-state index contributed by atoms with van der Waals surface area (Å²) in [5.74, 6) is 0.974. The first-order chi connectivity index (χ1) is 16.7. The van der Waals surface area contributed by atoms with Crippen molar-refractivity contribution < 1.29 is 26.9 Å². The van der Waals surface area contributed by atoms with Crippen LogP contribution in [0.1, 0.15) is 5.56 Å². The molecule has 0 bridgehead atoms. The van der Waals surface area contributed by atoms with E-state index in [0.29, 0.717) is 17.3 Å². The van der Waals surface area contributed by atoms with Gasteiger partial charge >= 0.3 is 0 Å². The number of nitrogens with zero attached hydrogens (tertiary/aromatic N) is 4. The minimum absolute atomic E-state index is 0. The minimum Gasteiger partial charge on any atom is -0.504 e. The van der Waals surface area contributed by atoms with E-state index < -0.39 is 0 Å². The van der Waals surface area contributed by atoms with Crippen molar-refractivity contribution in [3.05, 3.63) is 96.8 Å². The Morgan fingerprint density at radius 1 is 0.829 bits per heavy atom. The number of methoxy groups -OCH3 is 1. The van der Waals surface area contributed by atoms with Gasteiger partial charge in [0, 0.05) is 52.0 Å². The topological polar surface area (TPSA) is 96.3 Å². The molecule has 0 fully saturated rings. The Labute approximate surface area is 212 Å². The van der Waals surface area contributed by atoms with Gasteiger partial charge in [-0.05, 0) is 36.4 Å². The zero-order valence-electron chi connectivity index (χ0n) is 18.7. The average molecular weight is 511 g/mol. The number of aromatic nitrogens is 4. The molecule has 6 rings (SSSR count). The Hall–Kier alpha value is -4.26. The van der Waals surface area contributed by atoms with Gasteiger partial charge < -0.3 is 14.8 Å². The van der Waals surface area contributed by atoms with E-state index in [-0.39, 0.29) is 22.8 Å². The van der Waals surface area contributed by atoms with Crippen molar-refractivity contribution in [3.8, 4) is 11.5 Å². The molecule has 0 spiro atoms. The van der Waals surface area contributed by atoms with Gasteiger partial charge in [0.1, 0.15) is 0 Å². The molecular weight excluding hydrogens is 490 g/mol. The van der Waals surface area contributed by atoms with Crippen LogP contribution in [0.5, 0.6) is 11.5 Å². The van der Waals surface area contributed by atoms with Crippen LogP contribution < -0.4 is 4.74 Å². The Morgan fingerprint density at radius 2 is 1.51 bits per heavy atom. The monoisotopic (exact) mass is 510 g/mol. The molecule has 7 nitrogen and oxygen atoms in total. The van der Waals surface area contributed by atoms with Gasteiger partial charge in [0.05, 0.1) is 29.2 Å². The first kappa shape index (κ1) is 23.9. The van der Waals surface area contributed by atoms with Gasteiger partial charge in [-0.25, -0.2) is 9.98 Å². The molecular formula is C27H21CuN5O2. The summed E-state index contributed by atoms with van der Waals surface area (Å²) in [5.41, 5.74) is 4.31. The summed E-state index contributed by atoms with van der Waals surface area (Å²) in [4.78, 5) is 20.4. The van der Waals surface area contributed by atoms with Crippen molar-refractivity contribution in [2.45, 2.75) is 0 Å². The Bertz CT molecular complexity index is 1540. The fourth-order valence-corrected chi connectivity index (χ4v) is 3.62. The number of imidazole rings is 1. The molecule has 177 valence electrons. The Balaban J connectivity index is 0.000000169. The standard InChI is InChI=1S/C15H13N3O2.C12H8N2.Cu/c1-20-13-8-4-5-10(14(13)19)9-16-15-17-11-6-2-3-7-12(11)18-15;1-3-9-5-6-10-4-2-8-14-12(10)11(9)13-7-1;/h2-9,19H,1H3,(H,17,18);1-8H;/b16-9+;;. The number of nitrogens with one attached hydrogen (secondary N) is 1. The molecule has 0 saturated carbocycles. The summed E-state index contributed by atoms with van der Waals surface area (Å²) in [6, 6.07) is 25.1. The molecule has 0 aliphatic rings. The van der Waals surface area contributed by atoms with Crippen LogP contribution in [0.4, 0.5) is 5.95 Å². The molecule has 0 amide bonds. The molecule has 35 heavy (non-hydrogen) atoms. The van der Waals surface area contributed by atoms with Gasteiger partial charge in [-0.1, -0.05) is 42.5 Å². The number of aromatic amines is 1. The normalized spacial score (nSPS) is 10.8. The van der Waals surface area contributed by atoms with E-state index in [4.69, 9.17) is 4.74 Å². The summed E-state index contributed by atoms with van der Waals surface area (Å²) in [5, 5.41) is 12.2. The average Bonchev–Trinajstić information content (AvgIpc) is 3.31. The van der Waals surface area contributed by atoms with Gasteiger partial charge in [0.15, 0.2) is 11.5 Å². The second kappa shape index (κ2) is 10.8. The number of aliphatic imine (C=N–C) groups is 1. The second-order valence-corrected chi connectivity index (χ2v) is 7.45. The van der Waals surface area contributed by atoms with Crippen LogP contribution in [0.3, 0.4) is 0 Å². The third kappa shape index (κ3) is 5.14. The van der Waals surface area contributed by atoms with E-state index in [1.807, 2.05) is 36.4 Å². The predicted molar refractivity (Wildman–Crippen MR) is 135 cm³/mol. The van der Waals surface area contributed by atoms with Crippen molar-refractivity contribution in [1.29, 1.82) is 0 Å². The number of hydrogen-bond donors (Lipinski definition) is 2. The maximum Gasteiger partial charge on any atom is 0.227 e. The number of fused-ring (bicyclic) bond motifs is 4. The fourth-order valence-electron chi connectivity index (χ4n) is 3.62. The number of para-hydroxylation sites is 3. The number of pyridine rings is 2. The van der Waals surface area contributed by atoms with Crippen molar-refractivity contribution >= 4 is 45.0 Å². The number of aromatic hydroxyl groups is 1. The fraction of sp³-hybridized carbons (Fsp3) is 0.0370. The van der Waals surface area contributed by atoms with Gasteiger partial charge in [-0.3, -0.25) is 9.97 Å². The van der Waals surface area contributed by atoms with E-state index in [9.17, 15) is 5.11 Å². The van der Waals surface area contributed by atoms with Gasteiger partial charge in [0.25, 0.3) is 0 Å². The van der Waals surface area contributed by atoms with E-state index in [1.165, 1.54) is 7.11 Å². The number of phenols is 1. The van der Waals surface area contributed by atoms with E-state index >= 15 is 0 Å². The molecule has 0 unspecified atom stereocenters. The summed E-state index contributed by atoms with van der Waals surface area (Å²) in [6.45, 7) is 0. The Kier molecular flexibility index (Phi) is 7.35. The molecule has 0 aliphatic heterocycles. The molecule has 8 heteroatoms. The van der Waals surface area contributed by atoms with Crippen molar-refractivity contribution in [1.82, 2.24) is 19.9 Å². The maximum absolute atomic E-state index is 9.96. The van der Waals surface area contributed by atoms with Crippen LogP contribution in [-0.4, -0.2) is 38.4 Å². The van der Waals surface area contributed by atoms with Gasteiger partial charge in [-0.15, -0.1) is 0 Å². The molecule has 0 saturated heterocycles. The van der Waals surface area contributed by atoms with Crippen LogP contribution in [0, 0.1) is 0 Å². The van der Waals surface area contributed by atoms with Gasteiger partial charge in [-0.2, -0.15) is 0 Å². The van der Waals surface area contributed by atoms with E-state index in [1.54, 1.807) is 36.8 Å². The van der Waals surface area contributed by atoms with E-state index in [0.717, 1.165) is 32.8 Å². The largest absolute Gasteiger partial charge is 0.504 e. The third-order valence-electron chi connectivity index (χ3n) is 5.30. The zero-order chi connectivity index (χ0) is 23.3. The third-order valence-corrected chi connectivity index (χ3v) is 5.30.